The lowest BCUT2D eigenvalue weighted by Gasteiger charge is -2.10. The fraction of sp³-hybridized carbons (Fsp3) is 0.333. The summed E-state index contributed by atoms with van der Waals surface area (Å²) in [6.07, 6.45) is -4.58. The van der Waals surface area contributed by atoms with Crippen LogP contribution in [0.5, 0.6) is 0 Å². The summed E-state index contributed by atoms with van der Waals surface area (Å²) in [7, 11) is -4.14. The van der Waals surface area contributed by atoms with Crippen LogP contribution in [0.2, 0.25) is 0 Å². The van der Waals surface area contributed by atoms with Crippen LogP contribution in [-0.4, -0.2) is 21.1 Å². The highest BCUT2D eigenvalue weighted by atomic mass is 79.9. The van der Waals surface area contributed by atoms with Crippen molar-refractivity contribution in [2.75, 3.05) is 6.54 Å². The van der Waals surface area contributed by atoms with Crippen molar-refractivity contribution < 1.29 is 21.6 Å². The molecule has 17 heavy (non-hydrogen) atoms. The number of rotatable bonds is 3. The maximum absolute atomic E-state index is 11.9. The number of hydrogen-bond donors (Lipinski definition) is 1. The molecule has 0 aliphatic rings. The summed E-state index contributed by atoms with van der Waals surface area (Å²) < 4.78 is 60.9. The molecule has 0 saturated carbocycles. The fourth-order valence-electron chi connectivity index (χ4n) is 1.12. The zero-order chi connectivity index (χ0) is 13.3. The van der Waals surface area contributed by atoms with E-state index in [1.807, 2.05) is 0 Å². The van der Waals surface area contributed by atoms with Crippen molar-refractivity contribution in [2.45, 2.75) is 18.0 Å². The van der Waals surface area contributed by atoms with Crippen LogP contribution in [0.3, 0.4) is 0 Å². The molecule has 1 aromatic rings. The van der Waals surface area contributed by atoms with Crippen LogP contribution in [0.15, 0.2) is 27.6 Å². The molecule has 8 heteroatoms. The SMILES string of the molecule is Cc1cc(Br)cc(S(=O)(=O)NCC(F)(F)F)c1. The van der Waals surface area contributed by atoms with Crippen molar-refractivity contribution in [3.63, 3.8) is 0 Å². The average Bonchev–Trinajstić information content (AvgIpc) is 2.12. The predicted octanol–water partition coefficient (Wildman–Crippen LogP) is 2.60. The van der Waals surface area contributed by atoms with E-state index in [1.54, 1.807) is 13.0 Å². The highest BCUT2D eigenvalue weighted by Crippen LogP contribution is 2.20. The summed E-state index contributed by atoms with van der Waals surface area (Å²) in [5.74, 6) is 0. The molecule has 0 saturated heterocycles. The van der Waals surface area contributed by atoms with Gasteiger partial charge in [0.2, 0.25) is 10.0 Å². The molecule has 0 heterocycles. The van der Waals surface area contributed by atoms with Gasteiger partial charge in [-0.2, -0.15) is 13.2 Å². The topological polar surface area (TPSA) is 46.2 Å². The van der Waals surface area contributed by atoms with Crippen LogP contribution in [0.25, 0.3) is 0 Å². The van der Waals surface area contributed by atoms with Gasteiger partial charge in [0.25, 0.3) is 0 Å². The maximum Gasteiger partial charge on any atom is 0.402 e. The minimum Gasteiger partial charge on any atom is -0.207 e. The normalized spacial score (nSPS) is 12.8. The molecule has 0 spiro atoms. The van der Waals surface area contributed by atoms with Gasteiger partial charge in [0, 0.05) is 4.47 Å². The summed E-state index contributed by atoms with van der Waals surface area (Å²) in [5.41, 5.74) is 0.631. The second-order valence-corrected chi connectivity index (χ2v) is 6.09. The molecule has 0 unspecified atom stereocenters. The molecule has 0 atom stereocenters. The molecule has 1 N–H and O–H groups in total. The van der Waals surface area contributed by atoms with E-state index in [4.69, 9.17) is 0 Å². The van der Waals surface area contributed by atoms with Gasteiger partial charge in [-0.05, 0) is 30.7 Å². The van der Waals surface area contributed by atoms with Crippen molar-refractivity contribution in [2.24, 2.45) is 0 Å². The second-order valence-electron chi connectivity index (χ2n) is 3.40. The summed E-state index contributed by atoms with van der Waals surface area (Å²) >= 11 is 3.08. The largest absolute Gasteiger partial charge is 0.402 e. The number of nitrogens with one attached hydrogen (secondary N) is 1. The number of hydrogen-bond acceptors (Lipinski definition) is 2. The summed E-state index contributed by atoms with van der Waals surface area (Å²) in [4.78, 5) is -0.200. The van der Waals surface area contributed by atoms with Crippen molar-refractivity contribution >= 4 is 26.0 Å². The summed E-state index contributed by atoms with van der Waals surface area (Å²) in [6.45, 7) is 0.0639. The molecule has 0 bridgehead atoms. The zero-order valence-corrected chi connectivity index (χ0v) is 11.1. The van der Waals surface area contributed by atoms with Crippen molar-refractivity contribution in [1.82, 2.24) is 4.72 Å². The standard InChI is InChI=1S/C9H9BrF3NO2S/c1-6-2-7(10)4-8(3-6)17(15,16)14-5-9(11,12)13/h2-4,14H,5H2,1H3. The van der Waals surface area contributed by atoms with Crippen LogP contribution >= 0.6 is 15.9 Å². The quantitative estimate of drug-likeness (QED) is 0.925. The Morgan fingerprint density at radius 2 is 1.88 bits per heavy atom. The molecular formula is C9H9BrF3NO2S. The molecule has 1 aromatic carbocycles. The van der Waals surface area contributed by atoms with E-state index in [0.717, 1.165) is 0 Å². The molecule has 3 nitrogen and oxygen atoms in total. The number of alkyl halides is 3. The first-order valence-corrected chi connectivity index (χ1v) is 6.71. The van der Waals surface area contributed by atoms with Gasteiger partial charge in [0.05, 0.1) is 4.90 Å². The molecule has 96 valence electrons. The van der Waals surface area contributed by atoms with E-state index in [-0.39, 0.29) is 4.90 Å². The summed E-state index contributed by atoms with van der Waals surface area (Å²) in [6, 6.07) is 4.19. The third kappa shape index (κ3) is 4.64. The third-order valence-corrected chi connectivity index (χ3v) is 3.63. The first-order chi connectivity index (χ1) is 7.60. The lowest BCUT2D eigenvalue weighted by atomic mass is 10.2. The Bertz CT molecular complexity index is 493. The lowest BCUT2D eigenvalue weighted by Crippen LogP contribution is -2.33. The van der Waals surface area contributed by atoms with Crippen molar-refractivity contribution in [3.05, 3.63) is 28.2 Å². The first kappa shape index (κ1) is 14.5. The van der Waals surface area contributed by atoms with Gasteiger partial charge in [-0.25, -0.2) is 13.1 Å². The average molecular weight is 332 g/mol. The van der Waals surface area contributed by atoms with Gasteiger partial charge in [0.15, 0.2) is 0 Å². The van der Waals surface area contributed by atoms with Crippen LogP contribution < -0.4 is 4.72 Å². The van der Waals surface area contributed by atoms with Gasteiger partial charge in [-0.3, -0.25) is 0 Å². The molecular weight excluding hydrogens is 323 g/mol. The fourth-order valence-corrected chi connectivity index (χ4v) is 3.02. The maximum atomic E-state index is 11.9. The number of aryl methyl sites for hydroxylation is 1. The van der Waals surface area contributed by atoms with E-state index < -0.39 is 22.7 Å². The molecule has 0 fully saturated rings. The van der Waals surface area contributed by atoms with Crippen molar-refractivity contribution in [1.29, 1.82) is 0 Å². The van der Waals surface area contributed by atoms with E-state index in [1.165, 1.54) is 16.9 Å². The number of sulfonamides is 1. The molecule has 0 aliphatic heterocycles. The van der Waals surface area contributed by atoms with E-state index in [2.05, 4.69) is 15.9 Å². The third-order valence-electron chi connectivity index (χ3n) is 1.79. The monoisotopic (exact) mass is 331 g/mol. The van der Waals surface area contributed by atoms with E-state index >= 15 is 0 Å². The molecule has 0 aromatic heterocycles. The summed E-state index contributed by atoms with van der Waals surface area (Å²) in [5, 5.41) is 0. The lowest BCUT2D eigenvalue weighted by molar-refractivity contribution is -0.121. The van der Waals surface area contributed by atoms with E-state index in [9.17, 15) is 21.6 Å². The number of benzene rings is 1. The van der Waals surface area contributed by atoms with Gasteiger partial charge in [-0.15, -0.1) is 0 Å². The smallest absolute Gasteiger partial charge is 0.207 e. The van der Waals surface area contributed by atoms with Gasteiger partial charge >= 0.3 is 6.18 Å². The van der Waals surface area contributed by atoms with Crippen LogP contribution in [-0.2, 0) is 10.0 Å². The Morgan fingerprint density at radius 1 is 1.29 bits per heavy atom. The Morgan fingerprint density at radius 3 is 2.35 bits per heavy atom. The molecule has 0 aliphatic carbocycles. The minimum absolute atomic E-state index is 0.200. The van der Waals surface area contributed by atoms with E-state index in [0.29, 0.717) is 10.0 Å². The molecule has 0 radical (unpaired) electrons. The number of halogens is 4. The minimum atomic E-state index is -4.58. The van der Waals surface area contributed by atoms with Gasteiger partial charge in [-0.1, -0.05) is 15.9 Å². The van der Waals surface area contributed by atoms with Crippen LogP contribution in [0, 0.1) is 6.92 Å². The van der Waals surface area contributed by atoms with Crippen molar-refractivity contribution in [3.8, 4) is 0 Å². The van der Waals surface area contributed by atoms with Gasteiger partial charge in [0.1, 0.15) is 6.54 Å². The van der Waals surface area contributed by atoms with Crippen LogP contribution in [0.4, 0.5) is 13.2 Å². The Kier molecular flexibility index (Phi) is 4.21. The Labute approximate surface area is 105 Å². The van der Waals surface area contributed by atoms with Gasteiger partial charge < -0.3 is 0 Å². The first-order valence-electron chi connectivity index (χ1n) is 4.44. The molecule has 1 rings (SSSR count). The highest BCUT2D eigenvalue weighted by Gasteiger charge is 2.30. The predicted molar refractivity (Wildman–Crippen MR) is 60.1 cm³/mol. The zero-order valence-electron chi connectivity index (χ0n) is 8.68. The Balaban J connectivity index is 2.98. The molecule has 0 amide bonds. The second kappa shape index (κ2) is 4.95. The van der Waals surface area contributed by atoms with Crippen LogP contribution in [0.1, 0.15) is 5.56 Å². The Hall–Kier alpha value is -0.600. The highest BCUT2D eigenvalue weighted by molar-refractivity contribution is 9.10.